The van der Waals surface area contributed by atoms with Gasteiger partial charge in [-0.3, -0.25) is 9.71 Å². The maximum atomic E-state index is 12.3. The summed E-state index contributed by atoms with van der Waals surface area (Å²) in [7, 11) is -3.75. The molecule has 0 saturated carbocycles. The third-order valence-electron chi connectivity index (χ3n) is 2.68. The summed E-state index contributed by atoms with van der Waals surface area (Å²) in [5.41, 5.74) is 7.08. The largest absolute Gasteiger partial charge is 0.389 e. The Morgan fingerprint density at radius 3 is 2.57 bits per heavy atom. The molecule has 0 aliphatic heterocycles. The Morgan fingerprint density at radius 2 is 2.05 bits per heavy atom. The van der Waals surface area contributed by atoms with Crippen LogP contribution in [0.1, 0.15) is 11.3 Å². The van der Waals surface area contributed by atoms with Crippen molar-refractivity contribution in [2.45, 2.75) is 11.8 Å². The molecule has 0 radical (unpaired) electrons. The second-order valence-electron chi connectivity index (χ2n) is 4.30. The molecular weight excluding hydrogens is 330 g/mol. The summed E-state index contributed by atoms with van der Waals surface area (Å²) in [5, 5.41) is 0.187. The third-order valence-corrected chi connectivity index (χ3v) is 4.59. The van der Waals surface area contributed by atoms with Gasteiger partial charge in [-0.05, 0) is 37.3 Å². The molecule has 8 heteroatoms. The smallest absolute Gasteiger partial charge is 0.261 e. The zero-order valence-electron chi connectivity index (χ0n) is 11.0. The fraction of sp³-hybridized carbons (Fsp3) is 0.0769. The maximum absolute atomic E-state index is 12.3. The van der Waals surface area contributed by atoms with Crippen molar-refractivity contribution >= 4 is 44.5 Å². The molecule has 0 fully saturated rings. The van der Waals surface area contributed by atoms with Crippen LogP contribution in [0.25, 0.3) is 0 Å². The van der Waals surface area contributed by atoms with E-state index in [1.54, 1.807) is 12.1 Å². The molecule has 0 amide bonds. The molecule has 1 aromatic heterocycles. The van der Waals surface area contributed by atoms with Gasteiger partial charge >= 0.3 is 0 Å². The van der Waals surface area contributed by atoms with Crippen molar-refractivity contribution in [3.05, 3.63) is 52.8 Å². The number of halogens is 1. The second kappa shape index (κ2) is 5.97. The lowest BCUT2D eigenvalue weighted by atomic mass is 10.2. The number of pyridine rings is 1. The predicted octanol–water partition coefficient (Wildman–Crippen LogP) is 2.48. The highest BCUT2D eigenvalue weighted by atomic mass is 35.5. The van der Waals surface area contributed by atoms with Crippen LogP contribution in [0.3, 0.4) is 0 Å². The quantitative estimate of drug-likeness (QED) is 0.834. The van der Waals surface area contributed by atoms with Gasteiger partial charge in [-0.1, -0.05) is 23.8 Å². The van der Waals surface area contributed by atoms with Crippen molar-refractivity contribution in [2.75, 3.05) is 4.72 Å². The zero-order chi connectivity index (χ0) is 15.6. The molecule has 0 saturated heterocycles. The summed E-state index contributed by atoms with van der Waals surface area (Å²) >= 11 is 10.8. The van der Waals surface area contributed by atoms with Gasteiger partial charge < -0.3 is 5.73 Å². The highest BCUT2D eigenvalue weighted by Gasteiger charge is 2.16. The first-order valence-corrected chi connectivity index (χ1v) is 8.11. The first-order chi connectivity index (χ1) is 9.79. The van der Waals surface area contributed by atoms with Crippen LogP contribution >= 0.6 is 23.8 Å². The standard InChI is InChI=1S/C13H12ClN3O2S2/c1-8-2-3-9(7-16-8)17-21(18,19)10-4-5-11(13(15)20)12(14)6-10/h2-7,17H,1H3,(H2,15,20). The summed E-state index contributed by atoms with van der Waals surface area (Å²) in [6.45, 7) is 1.81. The van der Waals surface area contributed by atoms with Crippen LogP contribution < -0.4 is 10.5 Å². The Kier molecular flexibility index (Phi) is 4.46. The minimum atomic E-state index is -3.75. The highest BCUT2D eigenvalue weighted by molar-refractivity contribution is 7.92. The van der Waals surface area contributed by atoms with E-state index in [9.17, 15) is 8.42 Å². The molecule has 3 N–H and O–H groups in total. The first kappa shape index (κ1) is 15.7. The van der Waals surface area contributed by atoms with Crippen molar-refractivity contribution < 1.29 is 8.42 Å². The molecule has 21 heavy (non-hydrogen) atoms. The molecule has 5 nitrogen and oxygen atoms in total. The molecule has 0 aliphatic rings. The number of aromatic nitrogens is 1. The Bertz CT molecular complexity index is 790. The first-order valence-electron chi connectivity index (χ1n) is 5.84. The molecule has 0 atom stereocenters. The van der Waals surface area contributed by atoms with E-state index >= 15 is 0 Å². The fourth-order valence-electron chi connectivity index (χ4n) is 1.61. The molecule has 0 bridgehead atoms. The Balaban J connectivity index is 2.33. The normalized spacial score (nSPS) is 11.1. The van der Waals surface area contributed by atoms with Crippen LogP contribution in [-0.2, 0) is 10.0 Å². The Labute approximate surface area is 133 Å². The van der Waals surface area contributed by atoms with E-state index in [0.717, 1.165) is 5.69 Å². The monoisotopic (exact) mass is 341 g/mol. The highest BCUT2D eigenvalue weighted by Crippen LogP contribution is 2.22. The fourth-order valence-corrected chi connectivity index (χ4v) is 3.26. The van der Waals surface area contributed by atoms with Gasteiger partial charge in [-0.2, -0.15) is 0 Å². The van der Waals surface area contributed by atoms with Gasteiger partial charge in [0.15, 0.2) is 0 Å². The number of thiocarbonyl (C=S) groups is 1. The van der Waals surface area contributed by atoms with E-state index in [2.05, 4.69) is 9.71 Å². The average Bonchev–Trinajstić information content (AvgIpc) is 2.40. The summed E-state index contributed by atoms with van der Waals surface area (Å²) in [6, 6.07) is 7.52. The van der Waals surface area contributed by atoms with E-state index in [-0.39, 0.29) is 14.9 Å². The van der Waals surface area contributed by atoms with Gasteiger partial charge in [-0.25, -0.2) is 8.42 Å². The summed E-state index contributed by atoms with van der Waals surface area (Å²) in [5.74, 6) is 0. The molecular formula is C13H12ClN3O2S2. The van der Waals surface area contributed by atoms with Crippen LogP contribution in [0.4, 0.5) is 5.69 Å². The molecule has 0 unspecified atom stereocenters. The second-order valence-corrected chi connectivity index (χ2v) is 6.83. The number of nitrogens with one attached hydrogen (secondary N) is 1. The van der Waals surface area contributed by atoms with E-state index < -0.39 is 10.0 Å². The summed E-state index contributed by atoms with van der Waals surface area (Å²) < 4.78 is 26.9. The lowest BCUT2D eigenvalue weighted by molar-refractivity contribution is 0.601. The number of aryl methyl sites for hydroxylation is 1. The number of hydrogen-bond acceptors (Lipinski definition) is 4. The van der Waals surface area contributed by atoms with Gasteiger partial charge in [-0.15, -0.1) is 0 Å². The van der Waals surface area contributed by atoms with Crippen molar-refractivity contribution in [3.8, 4) is 0 Å². The van der Waals surface area contributed by atoms with Gasteiger partial charge in [0, 0.05) is 11.3 Å². The van der Waals surface area contributed by atoms with Crippen molar-refractivity contribution in [3.63, 3.8) is 0 Å². The van der Waals surface area contributed by atoms with E-state index in [1.165, 1.54) is 24.4 Å². The molecule has 0 spiro atoms. The number of nitrogens with zero attached hydrogens (tertiary/aromatic N) is 1. The molecule has 0 aliphatic carbocycles. The van der Waals surface area contributed by atoms with Crippen LogP contribution in [0, 0.1) is 6.92 Å². The van der Waals surface area contributed by atoms with Crippen LogP contribution in [-0.4, -0.2) is 18.4 Å². The topological polar surface area (TPSA) is 85.1 Å². The van der Waals surface area contributed by atoms with Crippen molar-refractivity contribution in [1.82, 2.24) is 4.98 Å². The molecule has 2 rings (SSSR count). The average molecular weight is 342 g/mol. The third kappa shape index (κ3) is 3.69. The minimum absolute atomic E-state index is 0.0214. The van der Waals surface area contributed by atoms with Crippen LogP contribution in [0.15, 0.2) is 41.4 Å². The Hall–Kier alpha value is -1.70. The van der Waals surface area contributed by atoms with Gasteiger partial charge in [0.05, 0.1) is 21.8 Å². The lowest BCUT2D eigenvalue weighted by Crippen LogP contribution is -2.15. The van der Waals surface area contributed by atoms with Gasteiger partial charge in [0.25, 0.3) is 10.0 Å². The molecule has 2 aromatic rings. The van der Waals surface area contributed by atoms with E-state index in [4.69, 9.17) is 29.6 Å². The Morgan fingerprint density at radius 1 is 1.33 bits per heavy atom. The summed E-state index contributed by atoms with van der Waals surface area (Å²) in [4.78, 5) is 4.16. The van der Waals surface area contributed by atoms with E-state index in [0.29, 0.717) is 11.3 Å². The number of benzene rings is 1. The van der Waals surface area contributed by atoms with Crippen LogP contribution in [0.5, 0.6) is 0 Å². The number of sulfonamides is 1. The number of anilines is 1. The number of hydrogen-bond donors (Lipinski definition) is 2. The SMILES string of the molecule is Cc1ccc(NS(=O)(=O)c2ccc(C(N)=S)c(Cl)c2)cn1. The van der Waals surface area contributed by atoms with Gasteiger partial charge in [0.1, 0.15) is 4.99 Å². The molecule has 1 heterocycles. The van der Waals surface area contributed by atoms with Gasteiger partial charge in [0.2, 0.25) is 0 Å². The predicted molar refractivity (Wildman–Crippen MR) is 87.1 cm³/mol. The molecule has 110 valence electrons. The number of nitrogens with two attached hydrogens (primary N) is 1. The maximum Gasteiger partial charge on any atom is 0.261 e. The number of rotatable bonds is 4. The van der Waals surface area contributed by atoms with Crippen molar-refractivity contribution in [2.24, 2.45) is 5.73 Å². The van der Waals surface area contributed by atoms with Crippen molar-refractivity contribution in [1.29, 1.82) is 0 Å². The van der Waals surface area contributed by atoms with Crippen LogP contribution in [0.2, 0.25) is 5.02 Å². The minimum Gasteiger partial charge on any atom is -0.389 e. The zero-order valence-corrected chi connectivity index (χ0v) is 13.4. The van der Waals surface area contributed by atoms with E-state index in [1.807, 2.05) is 6.92 Å². The molecule has 1 aromatic carbocycles. The summed E-state index contributed by atoms with van der Waals surface area (Å²) in [6.07, 6.45) is 1.44. The lowest BCUT2D eigenvalue weighted by Gasteiger charge is -2.09.